The first-order valence-corrected chi connectivity index (χ1v) is 8.17. The van der Waals surface area contributed by atoms with Crippen molar-refractivity contribution in [1.29, 1.82) is 0 Å². The van der Waals surface area contributed by atoms with Crippen molar-refractivity contribution in [2.75, 3.05) is 19.7 Å². The molecule has 5 nitrogen and oxygen atoms in total. The van der Waals surface area contributed by atoms with Gasteiger partial charge in [-0.1, -0.05) is 17.7 Å². The van der Waals surface area contributed by atoms with E-state index in [2.05, 4.69) is 16.3 Å². The van der Waals surface area contributed by atoms with E-state index >= 15 is 0 Å². The lowest BCUT2D eigenvalue weighted by Crippen LogP contribution is -2.25. The summed E-state index contributed by atoms with van der Waals surface area (Å²) in [6, 6.07) is 9.46. The molecule has 1 aromatic heterocycles. The molecule has 1 fully saturated rings. The average molecular weight is 334 g/mol. The van der Waals surface area contributed by atoms with Crippen LogP contribution in [-0.2, 0) is 11.2 Å². The van der Waals surface area contributed by atoms with Gasteiger partial charge in [0.05, 0.1) is 12.3 Å². The molecule has 0 bridgehead atoms. The fourth-order valence-corrected chi connectivity index (χ4v) is 3.02. The predicted molar refractivity (Wildman–Crippen MR) is 88.9 cm³/mol. The lowest BCUT2D eigenvalue weighted by molar-refractivity contribution is -0.127. The SMILES string of the molecule is CC(=O)N1CCC(c2cc(CCOc3cccc(Cl)c3)[nH]n2)C1. The molecule has 1 atom stereocenters. The average Bonchev–Trinajstić information content (AvgIpc) is 3.16. The van der Waals surface area contributed by atoms with Gasteiger partial charge in [-0.3, -0.25) is 9.89 Å². The molecule has 0 saturated carbocycles. The molecule has 122 valence electrons. The number of ether oxygens (including phenoxy) is 1. The first-order chi connectivity index (χ1) is 11.1. The maximum absolute atomic E-state index is 11.4. The Morgan fingerprint density at radius 3 is 3.09 bits per heavy atom. The number of carbonyl (C=O) groups is 1. The molecule has 0 spiro atoms. The van der Waals surface area contributed by atoms with Gasteiger partial charge in [-0.25, -0.2) is 0 Å². The Balaban J connectivity index is 1.51. The molecule has 23 heavy (non-hydrogen) atoms. The number of nitrogens with zero attached hydrogens (tertiary/aromatic N) is 2. The monoisotopic (exact) mass is 333 g/mol. The van der Waals surface area contributed by atoms with E-state index in [1.807, 2.05) is 23.1 Å². The number of nitrogens with one attached hydrogen (secondary N) is 1. The van der Waals surface area contributed by atoms with Crippen LogP contribution in [0.1, 0.15) is 30.7 Å². The van der Waals surface area contributed by atoms with Crippen molar-refractivity contribution in [1.82, 2.24) is 15.1 Å². The molecule has 1 aliphatic heterocycles. The summed E-state index contributed by atoms with van der Waals surface area (Å²) < 4.78 is 5.69. The van der Waals surface area contributed by atoms with Crippen molar-refractivity contribution < 1.29 is 9.53 Å². The molecule has 1 aromatic carbocycles. The molecular weight excluding hydrogens is 314 g/mol. The van der Waals surface area contributed by atoms with Gasteiger partial charge in [0, 0.05) is 43.1 Å². The number of benzene rings is 1. The van der Waals surface area contributed by atoms with Crippen molar-refractivity contribution in [2.24, 2.45) is 0 Å². The van der Waals surface area contributed by atoms with Crippen LogP contribution >= 0.6 is 11.6 Å². The van der Waals surface area contributed by atoms with E-state index in [1.54, 1.807) is 13.0 Å². The Morgan fingerprint density at radius 1 is 1.48 bits per heavy atom. The second-order valence-corrected chi connectivity index (χ2v) is 6.26. The largest absolute Gasteiger partial charge is 0.493 e. The maximum atomic E-state index is 11.4. The van der Waals surface area contributed by atoms with Crippen LogP contribution in [-0.4, -0.2) is 40.7 Å². The second kappa shape index (κ2) is 7.04. The van der Waals surface area contributed by atoms with E-state index in [-0.39, 0.29) is 5.91 Å². The highest BCUT2D eigenvalue weighted by atomic mass is 35.5. The normalized spacial score (nSPS) is 17.5. The number of aromatic amines is 1. The van der Waals surface area contributed by atoms with Gasteiger partial charge in [-0.2, -0.15) is 5.10 Å². The standard InChI is InChI=1S/C17H20ClN3O2/c1-12(22)21-7-5-13(11-21)17-10-15(19-20-17)6-8-23-16-4-2-3-14(18)9-16/h2-4,9-10,13H,5-8,11H2,1H3,(H,19,20). The van der Waals surface area contributed by atoms with E-state index in [9.17, 15) is 4.79 Å². The van der Waals surface area contributed by atoms with Crippen molar-refractivity contribution in [3.63, 3.8) is 0 Å². The van der Waals surface area contributed by atoms with Crippen LogP contribution in [0.5, 0.6) is 5.75 Å². The minimum absolute atomic E-state index is 0.137. The predicted octanol–water partition coefficient (Wildman–Crippen LogP) is 3.02. The number of rotatable bonds is 5. The fourth-order valence-electron chi connectivity index (χ4n) is 2.84. The summed E-state index contributed by atoms with van der Waals surface area (Å²) in [5.41, 5.74) is 2.08. The summed E-state index contributed by atoms with van der Waals surface area (Å²) in [5, 5.41) is 8.13. The number of hydrogen-bond acceptors (Lipinski definition) is 3. The highest BCUT2D eigenvalue weighted by Gasteiger charge is 2.27. The maximum Gasteiger partial charge on any atom is 0.219 e. The van der Waals surface area contributed by atoms with Crippen LogP contribution in [0, 0.1) is 0 Å². The molecule has 1 saturated heterocycles. The van der Waals surface area contributed by atoms with Crippen molar-refractivity contribution in [3.05, 3.63) is 46.7 Å². The minimum Gasteiger partial charge on any atom is -0.493 e. The van der Waals surface area contributed by atoms with Crippen LogP contribution in [0.25, 0.3) is 0 Å². The summed E-state index contributed by atoms with van der Waals surface area (Å²) in [6.07, 6.45) is 1.73. The van der Waals surface area contributed by atoms with E-state index in [0.717, 1.165) is 43.1 Å². The van der Waals surface area contributed by atoms with Gasteiger partial charge < -0.3 is 9.64 Å². The summed E-state index contributed by atoms with van der Waals surface area (Å²) in [4.78, 5) is 13.3. The topological polar surface area (TPSA) is 58.2 Å². The Morgan fingerprint density at radius 2 is 2.35 bits per heavy atom. The molecule has 2 aromatic rings. The summed E-state index contributed by atoms with van der Waals surface area (Å²) >= 11 is 5.93. The lowest BCUT2D eigenvalue weighted by Gasteiger charge is -2.12. The number of amides is 1. The highest BCUT2D eigenvalue weighted by Crippen LogP contribution is 2.26. The Hall–Kier alpha value is -2.01. The zero-order chi connectivity index (χ0) is 16.2. The van der Waals surface area contributed by atoms with Crippen molar-refractivity contribution in [2.45, 2.75) is 25.7 Å². The summed E-state index contributed by atoms with van der Waals surface area (Å²) in [7, 11) is 0. The quantitative estimate of drug-likeness (QED) is 0.915. The molecule has 6 heteroatoms. The van der Waals surface area contributed by atoms with E-state index in [4.69, 9.17) is 16.3 Å². The third-order valence-corrected chi connectivity index (χ3v) is 4.37. The van der Waals surface area contributed by atoms with Gasteiger partial charge in [0.2, 0.25) is 5.91 Å². The third-order valence-electron chi connectivity index (χ3n) is 4.14. The molecule has 0 aliphatic carbocycles. The van der Waals surface area contributed by atoms with Gasteiger partial charge in [0.1, 0.15) is 5.75 Å². The number of carbonyl (C=O) groups excluding carboxylic acids is 1. The van der Waals surface area contributed by atoms with Crippen LogP contribution in [0.15, 0.2) is 30.3 Å². The Labute approximate surface area is 140 Å². The lowest BCUT2D eigenvalue weighted by atomic mass is 10.0. The van der Waals surface area contributed by atoms with Crippen LogP contribution < -0.4 is 4.74 Å². The van der Waals surface area contributed by atoms with Gasteiger partial charge in [-0.05, 0) is 30.7 Å². The fraction of sp³-hybridized carbons (Fsp3) is 0.412. The molecule has 3 rings (SSSR count). The minimum atomic E-state index is 0.137. The molecule has 1 amide bonds. The number of aromatic nitrogens is 2. The van der Waals surface area contributed by atoms with Gasteiger partial charge in [-0.15, -0.1) is 0 Å². The molecule has 1 N–H and O–H groups in total. The molecular formula is C17H20ClN3O2. The highest BCUT2D eigenvalue weighted by molar-refractivity contribution is 6.30. The summed E-state index contributed by atoms with van der Waals surface area (Å²) in [5.74, 6) is 1.24. The number of halogens is 1. The van der Waals surface area contributed by atoms with E-state index in [0.29, 0.717) is 17.5 Å². The zero-order valence-electron chi connectivity index (χ0n) is 13.1. The van der Waals surface area contributed by atoms with Gasteiger partial charge in [0.25, 0.3) is 0 Å². The molecule has 2 heterocycles. The molecule has 1 unspecified atom stereocenters. The Kier molecular flexibility index (Phi) is 4.86. The summed E-state index contributed by atoms with van der Waals surface area (Å²) in [6.45, 7) is 3.76. The van der Waals surface area contributed by atoms with Gasteiger partial charge >= 0.3 is 0 Å². The van der Waals surface area contributed by atoms with E-state index < -0.39 is 0 Å². The van der Waals surface area contributed by atoms with Crippen molar-refractivity contribution >= 4 is 17.5 Å². The van der Waals surface area contributed by atoms with E-state index in [1.165, 1.54) is 0 Å². The number of hydrogen-bond donors (Lipinski definition) is 1. The Bertz CT molecular complexity index is 686. The smallest absolute Gasteiger partial charge is 0.219 e. The van der Waals surface area contributed by atoms with Crippen LogP contribution in [0.3, 0.4) is 0 Å². The van der Waals surface area contributed by atoms with Crippen LogP contribution in [0.2, 0.25) is 5.02 Å². The third kappa shape index (κ3) is 4.05. The van der Waals surface area contributed by atoms with Crippen molar-refractivity contribution in [3.8, 4) is 5.75 Å². The van der Waals surface area contributed by atoms with Gasteiger partial charge in [0.15, 0.2) is 0 Å². The second-order valence-electron chi connectivity index (χ2n) is 5.82. The number of likely N-dealkylation sites (tertiary alicyclic amines) is 1. The first kappa shape index (κ1) is 15.9. The zero-order valence-corrected chi connectivity index (χ0v) is 13.8. The molecule has 1 aliphatic rings. The first-order valence-electron chi connectivity index (χ1n) is 7.80. The van der Waals surface area contributed by atoms with Crippen LogP contribution in [0.4, 0.5) is 0 Å². The molecule has 0 radical (unpaired) electrons. The number of H-pyrrole nitrogens is 1.